The van der Waals surface area contributed by atoms with Crippen molar-refractivity contribution in [1.82, 2.24) is 10.2 Å². The van der Waals surface area contributed by atoms with E-state index >= 15 is 0 Å². The van der Waals surface area contributed by atoms with Crippen molar-refractivity contribution in [3.8, 4) is 0 Å². The van der Waals surface area contributed by atoms with Gasteiger partial charge in [-0.05, 0) is 24.1 Å². The third-order valence-corrected chi connectivity index (χ3v) is 4.96. The second-order valence-electron chi connectivity index (χ2n) is 5.24. The molecule has 0 aliphatic rings. The highest BCUT2D eigenvalue weighted by molar-refractivity contribution is 7.92. The van der Waals surface area contributed by atoms with Gasteiger partial charge in [0.25, 0.3) is 10.0 Å². The molecule has 3 rings (SSSR count). The lowest BCUT2D eigenvalue weighted by atomic mass is 9.97. The lowest BCUT2D eigenvalue weighted by Crippen LogP contribution is -2.12. The van der Waals surface area contributed by atoms with Gasteiger partial charge in [-0.2, -0.15) is 0 Å². The van der Waals surface area contributed by atoms with E-state index in [1.807, 2.05) is 37.3 Å². The van der Waals surface area contributed by atoms with Crippen LogP contribution in [0, 0.1) is 0 Å². The Morgan fingerprint density at radius 3 is 2.25 bits per heavy atom. The summed E-state index contributed by atoms with van der Waals surface area (Å²) >= 11 is 0. The summed E-state index contributed by atoms with van der Waals surface area (Å²) < 4.78 is 32.4. The largest absolute Gasteiger partial charge is 0.407 e. The zero-order chi connectivity index (χ0) is 17.0. The van der Waals surface area contributed by atoms with Gasteiger partial charge in [-0.15, -0.1) is 5.10 Å². The highest BCUT2D eigenvalue weighted by Crippen LogP contribution is 2.28. The van der Waals surface area contributed by atoms with E-state index in [2.05, 4.69) is 14.9 Å². The normalized spacial score (nSPS) is 12.7. The first-order valence-electron chi connectivity index (χ1n) is 7.56. The van der Waals surface area contributed by atoms with Crippen molar-refractivity contribution in [3.05, 3.63) is 72.1 Å². The quantitative estimate of drug-likeness (QED) is 0.741. The topological polar surface area (TPSA) is 85.1 Å². The van der Waals surface area contributed by atoms with Crippen molar-refractivity contribution in [2.24, 2.45) is 0 Å². The van der Waals surface area contributed by atoms with E-state index in [0.717, 1.165) is 12.0 Å². The van der Waals surface area contributed by atoms with Crippen molar-refractivity contribution in [2.45, 2.75) is 24.2 Å². The zero-order valence-corrected chi connectivity index (χ0v) is 13.9. The summed E-state index contributed by atoms with van der Waals surface area (Å²) in [5.41, 5.74) is 1.04. The minimum absolute atomic E-state index is 0.0753. The van der Waals surface area contributed by atoms with Gasteiger partial charge in [0.2, 0.25) is 5.89 Å². The van der Waals surface area contributed by atoms with E-state index in [9.17, 15) is 8.42 Å². The van der Waals surface area contributed by atoms with Crippen LogP contribution in [-0.2, 0) is 10.0 Å². The molecule has 3 aromatic rings. The maximum atomic E-state index is 12.3. The monoisotopic (exact) mass is 343 g/mol. The molecule has 6 nitrogen and oxygen atoms in total. The number of anilines is 1. The van der Waals surface area contributed by atoms with Crippen molar-refractivity contribution < 1.29 is 12.8 Å². The number of sulfonamides is 1. The smallest absolute Gasteiger partial charge is 0.329 e. The Kier molecular flexibility index (Phi) is 4.61. The summed E-state index contributed by atoms with van der Waals surface area (Å²) in [6.07, 6.45) is 0.761. The number of nitrogens with one attached hydrogen (secondary N) is 1. The number of rotatable bonds is 6. The fraction of sp³-hybridized carbons (Fsp3) is 0.176. The summed E-state index contributed by atoms with van der Waals surface area (Å²) in [7, 11) is -3.74. The molecule has 0 aliphatic heterocycles. The molecule has 1 heterocycles. The maximum absolute atomic E-state index is 12.3. The Morgan fingerprint density at radius 2 is 1.62 bits per heavy atom. The van der Waals surface area contributed by atoms with Gasteiger partial charge in [0.15, 0.2) is 0 Å². The van der Waals surface area contributed by atoms with Gasteiger partial charge in [-0.1, -0.05) is 60.6 Å². The second-order valence-corrected chi connectivity index (χ2v) is 6.92. The van der Waals surface area contributed by atoms with Gasteiger partial charge in [0.05, 0.1) is 10.8 Å². The van der Waals surface area contributed by atoms with Gasteiger partial charge in [0, 0.05) is 0 Å². The number of nitrogens with zero attached hydrogens (tertiary/aromatic N) is 2. The van der Waals surface area contributed by atoms with E-state index < -0.39 is 10.0 Å². The summed E-state index contributed by atoms with van der Waals surface area (Å²) in [6.45, 7) is 2.01. The number of hydrogen-bond donors (Lipinski definition) is 1. The molecule has 0 amide bonds. The second kappa shape index (κ2) is 6.84. The van der Waals surface area contributed by atoms with Gasteiger partial charge in [-0.3, -0.25) is 0 Å². The molecule has 0 bridgehead atoms. The van der Waals surface area contributed by atoms with Crippen LogP contribution in [0.3, 0.4) is 0 Å². The molecule has 0 aliphatic carbocycles. The van der Waals surface area contributed by atoms with Crippen LogP contribution in [0.5, 0.6) is 0 Å². The highest BCUT2D eigenvalue weighted by Gasteiger charge is 2.22. The molecule has 1 atom stereocenters. The van der Waals surface area contributed by atoms with Crippen LogP contribution < -0.4 is 4.72 Å². The minimum atomic E-state index is -3.74. The summed E-state index contributed by atoms with van der Waals surface area (Å²) in [5, 5.41) is 7.81. The molecular formula is C17H17N3O3S. The molecule has 0 saturated heterocycles. The first-order valence-corrected chi connectivity index (χ1v) is 9.04. The molecule has 1 unspecified atom stereocenters. The SMILES string of the molecule is CCC(c1ccccc1)c1nnc(NS(=O)(=O)c2ccccc2)o1. The Labute approximate surface area is 140 Å². The van der Waals surface area contributed by atoms with Gasteiger partial charge in [0.1, 0.15) is 0 Å². The zero-order valence-electron chi connectivity index (χ0n) is 13.1. The fourth-order valence-corrected chi connectivity index (χ4v) is 3.37. The minimum Gasteiger partial charge on any atom is -0.407 e. The number of hydrogen-bond acceptors (Lipinski definition) is 5. The molecule has 1 N–H and O–H groups in total. The van der Waals surface area contributed by atoms with Crippen LogP contribution in [0.25, 0.3) is 0 Å². The Morgan fingerprint density at radius 1 is 1.00 bits per heavy atom. The lowest BCUT2D eigenvalue weighted by Gasteiger charge is -2.10. The summed E-state index contributed by atoms with van der Waals surface area (Å²) in [5.74, 6) is 0.308. The predicted molar refractivity (Wildman–Crippen MR) is 90.1 cm³/mol. The van der Waals surface area contributed by atoms with E-state index in [4.69, 9.17) is 4.42 Å². The average molecular weight is 343 g/mol. The van der Waals surface area contributed by atoms with Crippen molar-refractivity contribution >= 4 is 16.0 Å². The van der Waals surface area contributed by atoms with Crippen LogP contribution >= 0.6 is 0 Å². The number of aromatic nitrogens is 2. The van der Waals surface area contributed by atoms with Gasteiger partial charge < -0.3 is 4.42 Å². The molecule has 24 heavy (non-hydrogen) atoms. The van der Waals surface area contributed by atoms with Crippen LogP contribution in [0.1, 0.15) is 30.7 Å². The standard InChI is InChI=1S/C17H17N3O3S/c1-2-15(13-9-5-3-6-10-13)16-18-19-17(23-16)20-24(21,22)14-11-7-4-8-12-14/h3-12,15H,2H2,1H3,(H,19,20). The molecule has 0 saturated carbocycles. The Bertz CT molecular complexity index is 893. The van der Waals surface area contributed by atoms with Crippen LogP contribution in [0.4, 0.5) is 6.01 Å². The summed E-state index contributed by atoms with van der Waals surface area (Å²) in [4.78, 5) is 0.139. The van der Waals surface area contributed by atoms with Crippen LogP contribution in [0.2, 0.25) is 0 Å². The molecule has 0 fully saturated rings. The highest BCUT2D eigenvalue weighted by atomic mass is 32.2. The van der Waals surface area contributed by atoms with Gasteiger partial charge >= 0.3 is 6.01 Å². The summed E-state index contributed by atoms with van der Waals surface area (Å²) in [6, 6.07) is 17.7. The van der Waals surface area contributed by atoms with E-state index in [1.54, 1.807) is 18.2 Å². The predicted octanol–water partition coefficient (Wildman–Crippen LogP) is 3.41. The van der Waals surface area contributed by atoms with Crippen LogP contribution in [-0.4, -0.2) is 18.6 Å². The molecular weight excluding hydrogens is 326 g/mol. The fourth-order valence-electron chi connectivity index (χ4n) is 2.43. The number of benzene rings is 2. The third-order valence-electron chi connectivity index (χ3n) is 3.62. The molecule has 7 heteroatoms. The Balaban J connectivity index is 1.83. The molecule has 0 spiro atoms. The maximum Gasteiger partial charge on any atom is 0.329 e. The molecule has 0 radical (unpaired) electrons. The molecule has 124 valence electrons. The van der Waals surface area contributed by atoms with E-state index in [0.29, 0.717) is 5.89 Å². The van der Waals surface area contributed by atoms with E-state index in [-0.39, 0.29) is 16.8 Å². The van der Waals surface area contributed by atoms with Crippen molar-refractivity contribution in [2.75, 3.05) is 4.72 Å². The lowest BCUT2D eigenvalue weighted by molar-refractivity contribution is 0.476. The van der Waals surface area contributed by atoms with Gasteiger partial charge in [-0.25, -0.2) is 13.1 Å². The van der Waals surface area contributed by atoms with Crippen molar-refractivity contribution in [1.29, 1.82) is 0 Å². The Hall–Kier alpha value is -2.67. The third kappa shape index (κ3) is 3.46. The van der Waals surface area contributed by atoms with Crippen molar-refractivity contribution in [3.63, 3.8) is 0 Å². The van der Waals surface area contributed by atoms with E-state index in [1.165, 1.54) is 12.1 Å². The molecule has 2 aromatic carbocycles. The van der Waals surface area contributed by atoms with Crippen LogP contribution in [0.15, 0.2) is 70.0 Å². The first kappa shape index (κ1) is 16.2. The first-order chi connectivity index (χ1) is 11.6. The molecule has 1 aromatic heterocycles. The average Bonchev–Trinajstić information content (AvgIpc) is 3.05.